The fourth-order valence-electron chi connectivity index (χ4n) is 9.17. The maximum absolute atomic E-state index is 14.2. The quantitative estimate of drug-likeness (QED) is 0.163. The summed E-state index contributed by atoms with van der Waals surface area (Å²) in [4.78, 5) is 57.7. The minimum Gasteiger partial charge on any atom is -0.478 e. The molecule has 2 saturated heterocycles. The lowest BCUT2D eigenvalue weighted by Crippen LogP contribution is -2.61. The van der Waals surface area contributed by atoms with E-state index in [2.05, 4.69) is 36.1 Å². The van der Waals surface area contributed by atoms with Gasteiger partial charge in [0.25, 0.3) is 11.8 Å². The molecular formula is C54H58Cl3F2N7O6. The molecule has 380 valence electrons. The monoisotopic (exact) mass is 1040 g/mol. The van der Waals surface area contributed by atoms with Gasteiger partial charge in [0.15, 0.2) is 22.7 Å². The van der Waals surface area contributed by atoms with Crippen molar-refractivity contribution < 1.29 is 37.1 Å². The second kappa shape index (κ2) is 20.1. The van der Waals surface area contributed by atoms with Crippen LogP contribution in [0.25, 0.3) is 44.7 Å². The number of pyridine rings is 3. The van der Waals surface area contributed by atoms with E-state index in [0.29, 0.717) is 76.6 Å². The summed E-state index contributed by atoms with van der Waals surface area (Å²) in [6, 6.07) is 17.9. The lowest BCUT2D eigenvalue weighted by Gasteiger charge is -2.47. The first-order valence-corrected chi connectivity index (χ1v) is 24.1. The second-order valence-corrected chi connectivity index (χ2v) is 22.2. The molecule has 2 aliphatic heterocycles. The predicted octanol–water partition coefficient (Wildman–Crippen LogP) is 12.2. The molecule has 5 aromatic heterocycles. The van der Waals surface area contributed by atoms with Crippen LogP contribution in [0.3, 0.4) is 0 Å². The number of hydrogen-bond acceptors (Lipinski definition) is 10. The first kappa shape index (κ1) is 53.7. The first-order valence-electron chi connectivity index (χ1n) is 23.3. The second-order valence-electron chi connectivity index (χ2n) is 21.4. The number of carboxylic acids is 1. The molecule has 72 heavy (non-hydrogen) atoms. The molecule has 2 aliphatic rings. The highest BCUT2D eigenvalue weighted by atomic mass is 35.5. The molecule has 0 unspecified atom stereocenters. The number of aromatic carboxylic acids is 1. The molecule has 0 spiro atoms. The van der Waals surface area contributed by atoms with Crippen molar-refractivity contribution in [3.05, 3.63) is 129 Å². The number of nitrogens with zero attached hydrogens (tertiary/aromatic N) is 6. The normalized spacial score (nSPS) is 15.8. The molecule has 9 rings (SSSR count). The average Bonchev–Trinajstić information content (AvgIpc) is 3.94. The number of benzene rings is 2. The van der Waals surface area contributed by atoms with Crippen molar-refractivity contribution in [1.82, 2.24) is 30.1 Å². The number of hydrogen-bond donors (Lipinski definition) is 2. The van der Waals surface area contributed by atoms with Crippen molar-refractivity contribution in [1.29, 1.82) is 0 Å². The third-order valence-electron chi connectivity index (χ3n) is 13.0. The summed E-state index contributed by atoms with van der Waals surface area (Å²) in [7, 11) is 0. The van der Waals surface area contributed by atoms with Crippen LogP contribution < -0.4 is 10.2 Å². The van der Waals surface area contributed by atoms with Crippen molar-refractivity contribution in [2.24, 2.45) is 0 Å². The third kappa shape index (κ3) is 10.8. The van der Waals surface area contributed by atoms with Gasteiger partial charge in [-0.15, -0.1) is 12.4 Å². The standard InChI is InChI=1S/C30H30ClFN4O4.C24H27ClFN3O2.ClH/c1-29(2,3)19-13-22(17-6-7-20(31)21(32)12-17)34-23-14-25(40-26(19)23)27(37)36-11-10-35(16-30(36,4)5)24-8-9-33-15-18(24)28(38)39;1-23(2,3)15-11-18(14-6-7-16(25)17(26)10-14)28-19-12-20(31-21(15)19)22(30)29-9-8-27-13-24(29,4)5;/h6-9,12-15H,10-11,16H2,1-5H3,(H,38,39);6-7,10-12,27H,8-9,13H2,1-5H3;1H. The van der Waals surface area contributed by atoms with Crippen molar-refractivity contribution in [2.75, 3.05) is 44.2 Å². The summed E-state index contributed by atoms with van der Waals surface area (Å²) in [5.74, 6) is -2.10. The van der Waals surface area contributed by atoms with Crippen molar-refractivity contribution in [2.45, 2.75) is 91.1 Å². The first-order chi connectivity index (χ1) is 33.2. The molecule has 2 fully saturated rings. The van der Waals surface area contributed by atoms with Crippen molar-refractivity contribution in [3.63, 3.8) is 0 Å². The highest BCUT2D eigenvalue weighted by Gasteiger charge is 2.40. The Hall–Kier alpha value is -6.13. The molecule has 7 heterocycles. The zero-order valence-corrected chi connectivity index (χ0v) is 44.2. The highest BCUT2D eigenvalue weighted by Crippen LogP contribution is 2.39. The molecule has 0 bridgehead atoms. The largest absolute Gasteiger partial charge is 0.478 e. The zero-order chi connectivity index (χ0) is 51.5. The van der Waals surface area contributed by atoms with E-state index >= 15 is 0 Å². The number of fused-ring (bicyclic) bond motifs is 2. The van der Waals surface area contributed by atoms with E-state index in [9.17, 15) is 28.3 Å². The fraction of sp³-hybridized carbons (Fsp3) is 0.370. The minimum atomic E-state index is -1.05. The van der Waals surface area contributed by atoms with Crippen LogP contribution in [0.4, 0.5) is 14.5 Å². The Labute approximate surface area is 433 Å². The Kier molecular flexibility index (Phi) is 14.9. The molecule has 2 aromatic carbocycles. The molecule has 18 heteroatoms. The zero-order valence-electron chi connectivity index (χ0n) is 41.8. The number of aromatic nitrogens is 3. The summed E-state index contributed by atoms with van der Waals surface area (Å²) in [5, 5.41) is 13.0. The van der Waals surface area contributed by atoms with Gasteiger partial charge in [0, 0.05) is 86.0 Å². The SMILES string of the molecule is CC(C)(C)c1cc(-c2ccc(Cl)c(F)c2)nc2cc(C(=O)N3CCN(c4ccncc4C(=O)O)CC3(C)C)oc12.CC(C)(C)c1cc(-c2ccc(Cl)c(F)c2)nc2cc(C(=O)N3CCNCC3(C)C)oc12.Cl. The lowest BCUT2D eigenvalue weighted by atomic mass is 9.86. The van der Waals surface area contributed by atoms with Gasteiger partial charge in [0.2, 0.25) is 0 Å². The Bertz CT molecular complexity index is 3230. The number of halogens is 5. The smallest absolute Gasteiger partial charge is 0.339 e. The van der Waals surface area contributed by atoms with E-state index in [1.165, 1.54) is 30.5 Å². The number of anilines is 1. The van der Waals surface area contributed by atoms with Crippen LogP contribution in [0.5, 0.6) is 0 Å². The fourth-order valence-corrected chi connectivity index (χ4v) is 9.40. The summed E-state index contributed by atoms with van der Waals surface area (Å²) >= 11 is 11.7. The lowest BCUT2D eigenvalue weighted by molar-refractivity contribution is 0.0446. The molecule has 2 amide bonds. The number of nitrogens with one attached hydrogen (secondary N) is 1. The van der Waals surface area contributed by atoms with Gasteiger partial charge in [-0.3, -0.25) is 14.6 Å². The maximum Gasteiger partial charge on any atom is 0.339 e. The summed E-state index contributed by atoms with van der Waals surface area (Å²) in [5.41, 5.74) is 5.36. The number of carboxylic acid groups (broad SMARTS) is 1. The van der Waals surface area contributed by atoms with Gasteiger partial charge in [-0.2, -0.15) is 0 Å². The molecule has 13 nitrogen and oxygen atoms in total. The van der Waals surface area contributed by atoms with Gasteiger partial charge in [-0.25, -0.2) is 23.5 Å². The van der Waals surface area contributed by atoms with Crippen LogP contribution in [-0.2, 0) is 10.8 Å². The molecule has 2 N–H and O–H groups in total. The number of rotatable bonds is 6. The van der Waals surface area contributed by atoms with Gasteiger partial charge < -0.3 is 34.0 Å². The van der Waals surface area contributed by atoms with E-state index in [1.807, 2.05) is 70.4 Å². The van der Waals surface area contributed by atoms with E-state index in [-0.39, 0.29) is 67.7 Å². The number of piperazine rings is 2. The Morgan fingerprint density at radius 3 is 1.61 bits per heavy atom. The van der Waals surface area contributed by atoms with E-state index in [0.717, 1.165) is 24.2 Å². The average molecular weight is 1050 g/mol. The number of carbonyl (C=O) groups excluding carboxylic acids is 2. The van der Waals surface area contributed by atoms with Gasteiger partial charge >= 0.3 is 5.97 Å². The van der Waals surface area contributed by atoms with Crippen LogP contribution in [0.15, 0.2) is 88.0 Å². The van der Waals surface area contributed by atoms with E-state index in [1.54, 1.807) is 41.4 Å². The van der Waals surface area contributed by atoms with Crippen LogP contribution in [0.2, 0.25) is 10.0 Å². The molecule has 0 atom stereocenters. The maximum atomic E-state index is 14.2. The van der Waals surface area contributed by atoms with Gasteiger partial charge in [0.1, 0.15) is 28.2 Å². The summed E-state index contributed by atoms with van der Waals surface area (Å²) in [6.45, 7) is 23.5. The van der Waals surface area contributed by atoms with Crippen molar-refractivity contribution >= 4 is 81.3 Å². The number of amides is 2. The number of carbonyl (C=O) groups is 3. The van der Waals surface area contributed by atoms with Crippen LogP contribution in [0, 0.1) is 11.6 Å². The Morgan fingerprint density at radius 1 is 0.694 bits per heavy atom. The molecular weight excluding hydrogens is 987 g/mol. The number of furan rings is 2. The summed E-state index contributed by atoms with van der Waals surface area (Å²) in [6.07, 6.45) is 2.90. The Morgan fingerprint density at radius 2 is 1.18 bits per heavy atom. The Balaban J connectivity index is 0.000000215. The topological polar surface area (TPSA) is 158 Å². The summed E-state index contributed by atoms with van der Waals surface area (Å²) < 4.78 is 40.6. The van der Waals surface area contributed by atoms with E-state index < -0.39 is 23.1 Å². The molecule has 0 radical (unpaired) electrons. The molecule has 7 aromatic rings. The molecule has 0 saturated carbocycles. The minimum absolute atomic E-state index is 0. The third-order valence-corrected chi connectivity index (χ3v) is 13.6. The van der Waals surface area contributed by atoms with E-state index in [4.69, 9.17) is 37.0 Å². The van der Waals surface area contributed by atoms with Gasteiger partial charge in [-0.1, -0.05) is 76.9 Å². The van der Waals surface area contributed by atoms with Crippen LogP contribution >= 0.6 is 35.6 Å². The van der Waals surface area contributed by atoms with Gasteiger partial charge in [-0.05, 0) is 81.0 Å². The highest BCUT2D eigenvalue weighted by molar-refractivity contribution is 6.31. The van der Waals surface area contributed by atoms with Crippen LogP contribution in [0.1, 0.15) is 112 Å². The van der Waals surface area contributed by atoms with Crippen LogP contribution in [-0.4, -0.2) is 98.0 Å². The predicted molar refractivity (Wildman–Crippen MR) is 280 cm³/mol. The molecule has 0 aliphatic carbocycles. The van der Waals surface area contributed by atoms with Gasteiger partial charge in [0.05, 0.1) is 38.2 Å². The van der Waals surface area contributed by atoms with Crippen molar-refractivity contribution in [3.8, 4) is 22.5 Å².